The molecule has 0 heterocycles. The van der Waals surface area contributed by atoms with Crippen LogP contribution in [0.4, 0.5) is 0 Å². The zero-order valence-electron chi connectivity index (χ0n) is 15.8. The molecule has 1 aromatic carbocycles. The highest BCUT2D eigenvalue weighted by molar-refractivity contribution is 5.87. The highest BCUT2D eigenvalue weighted by atomic mass is 35.5. The van der Waals surface area contributed by atoms with Gasteiger partial charge in [-0.05, 0) is 32.5 Å². The number of nitrogens with one attached hydrogen (secondary N) is 1. The van der Waals surface area contributed by atoms with Crippen molar-refractivity contribution in [3.05, 3.63) is 35.9 Å². The number of hydrogen-bond acceptors (Lipinski definition) is 3. The minimum atomic E-state index is -1.48. The van der Waals surface area contributed by atoms with E-state index in [-0.39, 0.29) is 30.8 Å². The van der Waals surface area contributed by atoms with E-state index in [0.717, 1.165) is 25.7 Å². The molecule has 0 bridgehead atoms. The van der Waals surface area contributed by atoms with Gasteiger partial charge in [-0.3, -0.25) is 9.69 Å². The molecule has 26 heavy (non-hydrogen) atoms. The first-order chi connectivity index (χ1) is 12.0. The Morgan fingerprint density at radius 3 is 2.35 bits per heavy atom. The molecule has 1 amide bonds. The first-order valence-corrected chi connectivity index (χ1v) is 9.21. The summed E-state index contributed by atoms with van der Waals surface area (Å²) in [5, 5.41) is 14.3. The maximum Gasteiger partial charge on any atom is 0.257 e. The summed E-state index contributed by atoms with van der Waals surface area (Å²) in [5.41, 5.74) is -0.796. The van der Waals surface area contributed by atoms with Crippen LogP contribution in [0, 0.1) is 17.8 Å². The predicted molar refractivity (Wildman–Crippen MR) is 108 cm³/mol. The number of amides is 1. The Hall–Kier alpha value is -1.54. The predicted octanol–water partition coefficient (Wildman–Crippen LogP) is 2.95. The van der Waals surface area contributed by atoms with E-state index in [9.17, 15) is 9.90 Å². The second-order valence-electron chi connectivity index (χ2n) is 7.09. The molecule has 144 valence electrons. The summed E-state index contributed by atoms with van der Waals surface area (Å²) < 4.78 is 0. The molecular weight excluding hydrogens is 348 g/mol. The summed E-state index contributed by atoms with van der Waals surface area (Å²) in [6.07, 6.45) is 6.25. The van der Waals surface area contributed by atoms with Crippen molar-refractivity contribution in [3.8, 4) is 11.8 Å². The van der Waals surface area contributed by atoms with Crippen molar-refractivity contribution in [3.63, 3.8) is 0 Å². The lowest BCUT2D eigenvalue weighted by molar-refractivity contribution is -0.148. The van der Waals surface area contributed by atoms with E-state index >= 15 is 0 Å². The quantitative estimate of drug-likeness (QED) is 0.611. The summed E-state index contributed by atoms with van der Waals surface area (Å²) in [6.45, 7) is 0.913. The second-order valence-corrected chi connectivity index (χ2v) is 7.09. The van der Waals surface area contributed by atoms with Crippen molar-refractivity contribution in [1.82, 2.24) is 10.2 Å². The Morgan fingerprint density at radius 1 is 1.15 bits per heavy atom. The molecule has 1 unspecified atom stereocenters. The third-order valence-electron chi connectivity index (χ3n) is 4.86. The van der Waals surface area contributed by atoms with Crippen LogP contribution < -0.4 is 5.32 Å². The van der Waals surface area contributed by atoms with E-state index in [1.807, 2.05) is 49.3 Å². The molecule has 0 spiro atoms. The van der Waals surface area contributed by atoms with Crippen LogP contribution in [-0.4, -0.2) is 43.1 Å². The van der Waals surface area contributed by atoms with Gasteiger partial charge < -0.3 is 10.4 Å². The average molecular weight is 379 g/mol. The molecule has 5 heteroatoms. The summed E-state index contributed by atoms with van der Waals surface area (Å²) in [5.74, 6) is 5.57. The van der Waals surface area contributed by atoms with E-state index in [4.69, 9.17) is 0 Å². The van der Waals surface area contributed by atoms with Crippen LogP contribution in [0.3, 0.4) is 0 Å². The molecule has 1 aromatic rings. The fraction of sp³-hybridized carbons (Fsp3) is 0.571. The number of carbonyl (C=O) groups excluding carboxylic acids is 1. The smallest absolute Gasteiger partial charge is 0.257 e. The van der Waals surface area contributed by atoms with Gasteiger partial charge in [0.05, 0.1) is 13.1 Å². The Morgan fingerprint density at radius 2 is 1.77 bits per heavy atom. The fourth-order valence-electron chi connectivity index (χ4n) is 3.48. The lowest BCUT2D eigenvalue weighted by atomic mass is 9.76. The molecule has 1 fully saturated rings. The standard InChI is InChI=1S/C21H30N2O2.ClH/c1-23(2)17-11-10-16-22-20(24)21(25,19-14-8-5-9-15-19)18-12-6-3-4-7-13-18;/h5,8-9,14-15,18,25H,3-4,6-7,12-13,16-17H2,1-2H3,(H,22,24);1H. The number of nitrogens with zero attached hydrogens (tertiary/aromatic N) is 1. The lowest BCUT2D eigenvalue weighted by Crippen LogP contribution is -2.49. The summed E-state index contributed by atoms with van der Waals surface area (Å²) in [6, 6.07) is 9.36. The van der Waals surface area contributed by atoms with Crippen molar-refractivity contribution in [1.29, 1.82) is 0 Å². The number of hydrogen-bond donors (Lipinski definition) is 2. The van der Waals surface area contributed by atoms with Crippen molar-refractivity contribution >= 4 is 18.3 Å². The van der Waals surface area contributed by atoms with Crippen LogP contribution in [0.15, 0.2) is 30.3 Å². The van der Waals surface area contributed by atoms with Crippen LogP contribution in [0.1, 0.15) is 44.1 Å². The fourth-order valence-corrected chi connectivity index (χ4v) is 3.48. The molecule has 1 saturated carbocycles. The van der Waals surface area contributed by atoms with Gasteiger partial charge in [0, 0.05) is 5.92 Å². The Bertz CT molecular complexity index is 601. The number of benzene rings is 1. The molecule has 4 nitrogen and oxygen atoms in total. The largest absolute Gasteiger partial charge is 0.375 e. The van der Waals surface area contributed by atoms with Gasteiger partial charge in [0.2, 0.25) is 0 Å². The molecule has 1 aliphatic rings. The number of carbonyl (C=O) groups is 1. The van der Waals surface area contributed by atoms with E-state index in [0.29, 0.717) is 12.1 Å². The molecule has 1 aliphatic carbocycles. The van der Waals surface area contributed by atoms with Gasteiger partial charge in [0.25, 0.3) is 5.91 Å². The molecule has 0 aromatic heterocycles. The van der Waals surface area contributed by atoms with Gasteiger partial charge in [-0.15, -0.1) is 12.4 Å². The first kappa shape index (κ1) is 22.5. The number of rotatable bonds is 5. The van der Waals surface area contributed by atoms with Crippen molar-refractivity contribution < 1.29 is 9.90 Å². The Labute approximate surface area is 163 Å². The minimum absolute atomic E-state index is 0. The van der Waals surface area contributed by atoms with Gasteiger partial charge in [0.15, 0.2) is 5.60 Å². The topological polar surface area (TPSA) is 52.6 Å². The number of halogens is 1. The van der Waals surface area contributed by atoms with Crippen LogP contribution in [0.25, 0.3) is 0 Å². The highest BCUT2D eigenvalue weighted by Crippen LogP contribution is 2.38. The van der Waals surface area contributed by atoms with E-state index in [1.54, 1.807) is 0 Å². The Kier molecular flexibility index (Phi) is 9.72. The van der Waals surface area contributed by atoms with Crippen molar-refractivity contribution in [2.24, 2.45) is 5.92 Å². The van der Waals surface area contributed by atoms with E-state index < -0.39 is 5.60 Å². The molecule has 2 rings (SSSR count). The van der Waals surface area contributed by atoms with Gasteiger partial charge >= 0.3 is 0 Å². The normalized spacial score (nSPS) is 17.2. The molecule has 2 N–H and O–H groups in total. The summed E-state index contributed by atoms with van der Waals surface area (Å²) >= 11 is 0. The zero-order chi connectivity index (χ0) is 18.1. The van der Waals surface area contributed by atoms with Gasteiger partial charge in [-0.1, -0.05) is 67.9 Å². The third kappa shape index (κ3) is 6.02. The van der Waals surface area contributed by atoms with Gasteiger partial charge in [-0.2, -0.15) is 0 Å². The molecule has 1 atom stereocenters. The molecule has 0 saturated heterocycles. The van der Waals surface area contributed by atoms with Crippen molar-refractivity contribution in [2.75, 3.05) is 27.2 Å². The van der Waals surface area contributed by atoms with Crippen LogP contribution in [-0.2, 0) is 10.4 Å². The maximum absolute atomic E-state index is 12.9. The second kappa shape index (κ2) is 11.2. The molecule has 0 radical (unpaired) electrons. The highest BCUT2D eigenvalue weighted by Gasteiger charge is 2.44. The van der Waals surface area contributed by atoms with Crippen LogP contribution >= 0.6 is 12.4 Å². The Balaban J connectivity index is 0.00000338. The first-order valence-electron chi connectivity index (χ1n) is 9.21. The lowest BCUT2D eigenvalue weighted by Gasteiger charge is -2.35. The SMILES string of the molecule is CN(C)CC#CCNC(=O)C(O)(c1ccccc1)C1CCCCCC1.Cl. The van der Waals surface area contributed by atoms with Crippen LogP contribution in [0.5, 0.6) is 0 Å². The minimum Gasteiger partial charge on any atom is -0.375 e. The van der Waals surface area contributed by atoms with Gasteiger partial charge in [-0.25, -0.2) is 0 Å². The van der Waals surface area contributed by atoms with Crippen LogP contribution in [0.2, 0.25) is 0 Å². The zero-order valence-corrected chi connectivity index (χ0v) is 16.6. The summed E-state index contributed by atoms with van der Waals surface area (Å²) in [4.78, 5) is 14.9. The monoisotopic (exact) mass is 378 g/mol. The summed E-state index contributed by atoms with van der Waals surface area (Å²) in [7, 11) is 3.90. The van der Waals surface area contributed by atoms with E-state index in [1.165, 1.54) is 12.8 Å². The maximum atomic E-state index is 12.9. The van der Waals surface area contributed by atoms with Gasteiger partial charge in [0.1, 0.15) is 0 Å². The molecular formula is C21H31ClN2O2. The van der Waals surface area contributed by atoms with Crippen molar-refractivity contribution in [2.45, 2.75) is 44.1 Å². The average Bonchev–Trinajstić information content (AvgIpc) is 2.90. The number of aliphatic hydroxyl groups is 1. The van der Waals surface area contributed by atoms with E-state index in [2.05, 4.69) is 17.2 Å². The third-order valence-corrected chi connectivity index (χ3v) is 4.86. The molecule has 0 aliphatic heterocycles.